The third-order valence-electron chi connectivity index (χ3n) is 5.38. The standard InChI is InChI=1S/C23H22N6O3/c1-28-9-8-15-16(6-5-7-17(15)28)25-23-26-21-13-24-12-18(29(21)27-23)14-10-19(30-2)22(32-4)20(11-14)31-3/h5-13H,1-4H3,(H,25,27). The number of aromatic nitrogens is 5. The van der Waals surface area contributed by atoms with Gasteiger partial charge < -0.3 is 24.1 Å². The average molecular weight is 430 g/mol. The van der Waals surface area contributed by atoms with E-state index in [1.54, 1.807) is 38.2 Å². The Kier molecular flexibility index (Phi) is 4.78. The van der Waals surface area contributed by atoms with Crippen molar-refractivity contribution in [3.63, 3.8) is 0 Å². The molecule has 0 aliphatic rings. The number of hydrogen-bond donors (Lipinski definition) is 1. The third-order valence-corrected chi connectivity index (χ3v) is 5.38. The van der Waals surface area contributed by atoms with Crippen LogP contribution in [-0.4, -0.2) is 45.5 Å². The zero-order valence-electron chi connectivity index (χ0n) is 18.2. The highest BCUT2D eigenvalue weighted by Crippen LogP contribution is 2.41. The highest BCUT2D eigenvalue weighted by Gasteiger charge is 2.17. The number of hydrogen-bond acceptors (Lipinski definition) is 7. The molecule has 0 saturated heterocycles. The average Bonchev–Trinajstić information content (AvgIpc) is 3.41. The minimum Gasteiger partial charge on any atom is -0.493 e. The van der Waals surface area contributed by atoms with Crippen LogP contribution in [0.15, 0.2) is 55.0 Å². The van der Waals surface area contributed by atoms with Crippen LogP contribution >= 0.6 is 0 Å². The Labute approximate surface area is 184 Å². The van der Waals surface area contributed by atoms with Crippen LogP contribution in [0.4, 0.5) is 11.6 Å². The normalized spacial score (nSPS) is 11.1. The highest BCUT2D eigenvalue weighted by atomic mass is 16.5. The molecule has 5 rings (SSSR count). The molecule has 2 aromatic carbocycles. The van der Waals surface area contributed by atoms with E-state index in [9.17, 15) is 0 Å². The molecule has 3 aromatic heterocycles. The zero-order valence-corrected chi connectivity index (χ0v) is 18.2. The molecule has 3 heterocycles. The minimum atomic E-state index is 0.475. The largest absolute Gasteiger partial charge is 0.493 e. The summed E-state index contributed by atoms with van der Waals surface area (Å²) in [6.07, 6.45) is 5.42. The number of nitrogens with zero attached hydrogens (tertiary/aromatic N) is 5. The molecule has 0 aliphatic carbocycles. The van der Waals surface area contributed by atoms with Gasteiger partial charge in [-0.1, -0.05) is 6.07 Å². The Morgan fingerprint density at radius 3 is 2.44 bits per heavy atom. The topological polar surface area (TPSA) is 87.7 Å². The lowest BCUT2D eigenvalue weighted by molar-refractivity contribution is 0.324. The van der Waals surface area contributed by atoms with Crippen molar-refractivity contribution in [3.05, 3.63) is 55.0 Å². The summed E-state index contributed by atoms with van der Waals surface area (Å²) in [5, 5.41) is 9.12. The van der Waals surface area contributed by atoms with Crippen LogP contribution in [0.1, 0.15) is 0 Å². The fourth-order valence-corrected chi connectivity index (χ4v) is 3.82. The smallest absolute Gasteiger partial charge is 0.247 e. The van der Waals surface area contributed by atoms with Gasteiger partial charge in [0.15, 0.2) is 17.1 Å². The van der Waals surface area contributed by atoms with E-state index < -0.39 is 0 Å². The number of fused-ring (bicyclic) bond motifs is 2. The maximum absolute atomic E-state index is 5.49. The molecule has 5 aromatic rings. The Balaban J connectivity index is 1.60. The van der Waals surface area contributed by atoms with Crippen molar-refractivity contribution in [1.29, 1.82) is 0 Å². The van der Waals surface area contributed by atoms with E-state index >= 15 is 0 Å². The molecular weight excluding hydrogens is 408 g/mol. The molecule has 0 amide bonds. The van der Waals surface area contributed by atoms with E-state index in [2.05, 4.69) is 37.1 Å². The highest BCUT2D eigenvalue weighted by molar-refractivity contribution is 5.93. The Hall–Kier alpha value is -4.27. The molecule has 0 unspecified atom stereocenters. The lowest BCUT2D eigenvalue weighted by atomic mass is 10.1. The monoisotopic (exact) mass is 430 g/mol. The summed E-state index contributed by atoms with van der Waals surface area (Å²) in [7, 11) is 6.76. The number of nitrogens with one attached hydrogen (secondary N) is 1. The van der Waals surface area contributed by atoms with Gasteiger partial charge >= 0.3 is 0 Å². The summed E-state index contributed by atoms with van der Waals surface area (Å²) in [4.78, 5) is 8.96. The van der Waals surface area contributed by atoms with E-state index in [-0.39, 0.29) is 0 Å². The van der Waals surface area contributed by atoms with Gasteiger partial charge in [-0.2, -0.15) is 4.98 Å². The molecule has 0 spiro atoms. The van der Waals surface area contributed by atoms with Crippen molar-refractivity contribution < 1.29 is 14.2 Å². The molecule has 0 aliphatic heterocycles. The van der Waals surface area contributed by atoms with E-state index in [1.165, 1.54) is 0 Å². The molecule has 0 bridgehead atoms. The van der Waals surface area contributed by atoms with Crippen molar-refractivity contribution in [3.8, 4) is 28.5 Å². The van der Waals surface area contributed by atoms with Crippen LogP contribution < -0.4 is 19.5 Å². The van der Waals surface area contributed by atoms with Crippen LogP contribution in [-0.2, 0) is 7.05 Å². The van der Waals surface area contributed by atoms with Crippen LogP contribution in [0.3, 0.4) is 0 Å². The summed E-state index contributed by atoms with van der Waals surface area (Å²) < 4.78 is 20.2. The van der Waals surface area contributed by atoms with E-state index in [4.69, 9.17) is 14.2 Å². The molecule has 9 nitrogen and oxygen atoms in total. The Morgan fingerprint density at radius 1 is 0.938 bits per heavy atom. The maximum Gasteiger partial charge on any atom is 0.247 e. The van der Waals surface area contributed by atoms with Crippen molar-refractivity contribution >= 4 is 28.2 Å². The van der Waals surface area contributed by atoms with Gasteiger partial charge in [-0.15, -0.1) is 5.10 Å². The molecule has 162 valence electrons. The molecule has 1 N–H and O–H groups in total. The maximum atomic E-state index is 5.49. The first kappa shape index (κ1) is 19.7. The molecule has 0 atom stereocenters. The third kappa shape index (κ3) is 3.15. The predicted molar refractivity (Wildman–Crippen MR) is 122 cm³/mol. The fraction of sp³-hybridized carbons (Fsp3) is 0.174. The summed E-state index contributed by atoms with van der Waals surface area (Å²) in [5.74, 6) is 2.10. The Morgan fingerprint density at radius 2 is 1.72 bits per heavy atom. The quantitative estimate of drug-likeness (QED) is 0.435. The van der Waals surface area contributed by atoms with Crippen LogP contribution in [0.25, 0.3) is 27.8 Å². The number of benzene rings is 2. The number of rotatable bonds is 6. The second kappa shape index (κ2) is 7.77. The van der Waals surface area contributed by atoms with Gasteiger partial charge in [0.1, 0.15) is 0 Å². The first-order chi connectivity index (χ1) is 15.6. The molecule has 0 saturated carbocycles. The molecule has 0 fully saturated rings. The summed E-state index contributed by atoms with van der Waals surface area (Å²) in [5.41, 5.74) is 4.21. The molecule has 32 heavy (non-hydrogen) atoms. The number of anilines is 2. The SMILES string of the molecule is COc1cc(-c2cncc3nc(Nc4cccc5c4ccn5C)nn23)cc(OC)c1OC. The lowest BCUT2D eigenvalue weighted by Crippen LogP contribution is -1.99. The molecule has 0 radical (unpaired) electrons. The zero-order chi connectivity index (χ0) is 22.2. The summed E-state index contributed by atoms with van der Waals surface area (Å²) >= 11 is 0. The minimum absolute atomic E-state index is 0.475. The summed E-state index contributed by atoms with van der Waals surface area (Å²) in [6, 6.07) is 11.9. The van der Waals surface area contributed by atoms with Gasteiger partial charge in [0.05, 0.1) is 45.1 Å². The number of methoxy groups -OCH3 is 3. The van der Waals surface area contributed by atoms with Crippen molar-refractivity contribution in [1.82, 2.24) is 24.1 Å². The second-order valence-electron chi connectivity index (χ2n) is 7.20. The van der Waals surface area contributed by atoms with Gasteiger partial charge in [-0.05, 0) is 30.3 Å². The number of ether oxygens (including phenoxy) is 3. The van der Waals surface area contributed by atoms with E-state index in [0.29, 0.717) is 28.8 Å². The molecular formula is C23H22N6O3. The van der Waals surface area contributed by atoms with Crippen molar-refractivity contribution in [2.75, 3.05) is 26.6 Å². The first-order valence-corrected chi connectivity index (χ1v) is 9.95. The Bertz CT molecular complexity index is 1410. The second-order valence-corrected chi connectivity index (χ2v) is 7.20. The van der Waals surface area contributed by atoms with Crippen molar-refractivity contribution in [2.24, 2.45) is 7.05 Å². The van der Waals surface area contributed by atoms with Gasteiger partial charge in [-0.3, -0.25) is 4.98 Å². The van der Waals surface area contributed by atoms with Gasteiger partial charge in [0.2, 0.25) is 11.7 Å². The van der Waals surface area contributed by atoms with Gasteiger partial charge in [-0.25, -0.2) is 4.52 Å². The lowest BCUT2D eigenvalue weighted by Gasteiger charge is -2.14. The van der Waals surface area contributed by atoms with Crippen LogP contribution in [0.5, 0.6) is 17.2 Å². The van der Waals surface area contributed by atoms with Gasteiger partial charge in [0.25, 0.3) is 0 Å². The van der Waals surface area contributed by atoms with Crippen LogP contribution in [0.2, 0.25) is 0 Å². The van der Waals surface area contributed by atoms with Gasteiger partial charge in [0, 0.05) is 29.7 Å². The summed E-state index contributed by atoms with van der Waals surface area (Å²) in [6.45, 7) is 0. The van der Waals surface area contributed by atoms with E-state index in [0.717, 1.165) is 27.8 Å². The van der Waals surface area contributed by atoms with Crippen LogP contribution in [0, 0.1) is 0 Å². The fourth-order valence-electron chi connectivity index (χ4n) is 3.82. The predicted octanol–water partition coefficient (Wildman–Crippen LogP) is 4.05. The van der Waals surface area contributed by atoms with E-state index in [1.807, 2.05) is 37.5 Å². The molecule has 9 heteroatoms. The van der Waals surface area contributed by atoms with Crippen molar-refractivity contribution in [2.45, 2.75) is 0 Å². The first-order valence-electron chi connectivity index (χ1n) is 9.95. The number of aryl methyl sites for hydroxylation is 1.